The van der Waals surface area contributed by atoms with Crippen LogP contribution < -0.4 is 9.47 Å². The van der Waals surface area contributed by atoms with Gasteiger partial charge in [0.15, 0.2) is 0 Å². The minimum absolute atomic E-state index is 0.109. The average molecular weight is 793 g/mol. The highest BCUT2D eigenvalue weighted by Gasteiger charge is 2.86. The van der Waals surface area contributed by atoms with Crippen LogP contribution in [0, 0.1) is 0 Å². The fourth-order valence-electron chi connectivity index (χ4n) is 6.62. The summed E-state index contributed by atoms with van der Waals surface area (Å²) in [6.07, 6.45) is -15.4. The Morgan fingerprint density at radius 3 is 1.11 bits per heavy atom. The molecule has 0 bridgehead atoms. The largest absolute Gasteiger partial charge is 0.436 e. The van der Waals surface area contributed by atoms with Gasteiger partial charge in [-0.15, -0.1) is 0 Å². The number of fused-ring (bicyclic) bond motifs is 3. The molecule has 1 saturated carbocycles. The smallest absolute Gasteiger partial charge is 0.431 e. The zero-order valence-corrected chi connectivity index (χ0v) is 33.5. The van der Waals surface area contributed by atoms with E-state index in [1.807, 2.05) is 41.5 Å². The zero-order chi connectivity index (χ0) is 42.0. The number of alkyl halides is 9. The number of ether oxygens (including phenoxy) is 3. The summed E-state index contributed by atoms with van der Waals surface area (Å²) in [5.41, 5.74) is -7.45. The van der Waals surface area contributed by atoms with E-state index in [-0.39, 0.29) is 45.8 Å². The molecule has 4 rings (SSSR count). The van der Waals surface area contributed by atoms with Gasteiger partial charge in [-0.3, -0.25) is 14.7 Å². The van der Waals surface area contributed by atoms with Crippen LogP contribution in [-0.4, -0.2) is 55.1 Å². The normalized spacial score (nSPS) is 20.9. The lowest BCUT2D eigenvalue weighted by atomic mass is 9.79. The Balaban J connectivity index is 2.22. The van der Waals surface area contributed by atoms with Gasteiger partial charge in [0.05, 0.1) is 12.1 Å². The van der Waals surface area contributed by atoms with Gasteiger partial charge < -0.3 is 9.47 Å². The Hall–Kier alpha value is -3.29. The summed E-state index contributed by atoms with van der Waals surface area (Å²) in [7, 11) is 0. The van der Waals surface area contributed by atoms with Crippen molar-refractivity contribution in [3.05, 3.63) is 57.6 Å². The minimum atomic E-state index is -7.06. The van der Waals surface area contributed by atoms with Crippen molar-refractivity contribution >= 4 is 12.4 Å². The maximum absolute atomic E-state index is 14.6. The van der Waals surface area contributed by atoms with Crippen LogP contribution in [0.5, 0.6) is 11.5 Å². The number of hydrogen-bond acceptors (Lipinski definition) is 5. The number of halogens is 9. The molecular weight excluding hydrogens is 739 g/mol. The molecule has 0 radical (unpaired) electrons. The molecule has 2 aromatic carbocycles. The van der Waals surface area contributed by atoms with E-state index in [0.29, 0.717) is 24.0 Å². The molecule has 5 nitrogen and oxygen atoms in total. The van der Waals surface area contributed by atoms with E-state index in [1.165, 1.54) is 12.4 Å². The molecule has 2 atom stereocenters. The van der Waals surface area contributed by atoms with Crippen LogP contribution in [0.15, 0.2) is 34.3 Å². The van der Waals surface area contributed by atoms with Crippen LogP contribution in [-0.2, 0) is 26.4 Å². The van der Waals surface area contributed by atoms with Gasteiger partial charge in [-0.25, -0.2) is 0 Å². The molecule has 0 spiro atoms. The summed E-state index contributed by atoms with van der Waals surface area (Å²) in [5.74, 6) is -0.681. The molecule has 0 unspecified atom stereocenters. The molecule has 2 aliphatic rings. The van der Waals surface area contributed by atoms with E-state index in [9.17, 15) is 39.5 Å². The summed E-state index contributed by atoms with van der Waals surface area (Å²) in [6.45, 7) is 18.5. The maximum atomic E-state index is 14.6. The second kappa shape index (κ2) is 14.6. The molecule has 0 saturated heterocycles. The molecule has 2 aromatic rings. The third-order valence-electron chi connectivity index (χ3n) is 9.99. The molecule has 1 aliphatic carbocycles. The van der Waals surface area contributed by atoms with Gasteiger partial charge in [0, 0.05) is 34.7 Å². The SMILES string of the molecule is CC(C)(C)c1cc2c(c(C(C)(C)C)c1)OC(OC(C(F)(F)F)(C(F)(F)F)C(F)(F)F)Oc1c(cc(C(C)(C)C)cc1C(C)(C)C)C=N[C@@H]1CCCC[C@H]1N=C2. The highest BCUT2D eigenvalue weighted by atomic mass is 19.4. The van der Waals surface area contributed by atoms with E-state index in [0.717, 1.165) is 12.8 Å². The molecule has 1 aliphatic heterocycles. The van der Waals surface area contributed by atoms with Crippen molar-refractivity contribution in [3.63, 3.8) is 0 Å². The van der Waals surface area contributed by atoms with Crippen LogP contribution in [0.25, 0.3) is 0 Å². The first-order valence-corrected chi connectivity index (χ1v) is 18.3. The average Bonchev–Trinajstić information content (AvgIpc) is 2.99. The van der Waals surface area contributed by atoms with Crippen molar-refractivity contribution in [1.29, 1.82) is 0 Å². The summed E-state index contributed by atoms with van der Waals surface area (Å²) in [6, 6.07) is 5.83. The Morgan fingerprint density at radius 2 is 0.836 bits per heavy atom. The molecule has 1 heterocycles. The topological polar surface area (TPSA) is 52.4 Å². The molecule has 308 valence electrons. The van der Waals surface area contributed by atoms with Gasteiger partial charge in [-0.2, -0.15) is 39.5 Å². The van der Waals surface area contributed by atoms with Gasteiger partial charge >= 0.3 is 30.6 Å². The number of nitrogens with zero attached hydrogens (tertiary/aromatic N) is 2. The van der Waals surface area contributed by atoms with Crippen molar-refractivity contribution in [1.82, 2.24) is 0 Å². The lowest BCUT2D eigenvalue weighted by Gasteiger charge is -2.40. The molecule has 0 aromatic heterocycles. The first-order valence-electron chi connectivity index (χ1n) is 18.3. The second-order valence-electron chi connectivity index (χ2n) is 18.7. The summed E-state index contributed by atoms with van der Waals surface area (Å²) < 4.78 is 147. The third-order valence-corrected chi connectivity index (χ3v) is 9.99. The Bertz CT molecular complexity index is 1630. The van der Waals surface area contributed by atoms with Crippen molar-refractivity contribution in [2.24, 2.45) is 9.98 Å². The van der Waals surface area contributed by atoms with Crippen molar-refractivity contribution in [2.45, 2.75) is 173 Å². The number of benzene rings is 2. The molecule has 1 fully saturated rings. The summed E-state index contributed by atoms with van der Waals surface area (Å²) in [5, 5.41) is 0. The lowest BCUT2D eigenvalue weighted by molar-refractivity contribution is -0.486. The van der Waals surface area contributed by atoms with Crippen LogP contribution >= 0.6 is 0 Å². The van der Waals surface area contributed by atoms with Crippen LogP contribution in [0.2, 0.25) is 0 Å². The van der Waals surface area contributed by atoms with Gasteiger partial charge in [0.1, 0.15) is 11.5 Å². The van der Waals surface area contributed by atoms with E-state index >= 15 is 0 Å². The fraction of sp³-hybridized carbons (Fsp3) is 0.659. The molecular formula is C41H53F9N2O3. The summed E-state index contributed by atoms with van der Waals surface area (Å²) in [4.78, 5) is 9.69. The zero-order valence-electron chi connectivity index (χ0n) is 33.5. The first-order chi connectivity index (χ1) is 24.7. The van der Waals surface area contributed by atoms with Gasteiger partial charge in [0.25, 0.3) is 0 Å². The van der Waals surface area contributed by atoms with Crippen molar-refractivity contribution in [2.75, 3.05) is 0 Å². The van der Waals surface area contributed by atoms with E-state index in [4.69, 9.17) is 19.5 Å². The summed E-state index contributed by atoms with van der Waals surface area (Å²) >= 11 is 0. The maximum Gasteiger partial charge on any atom is 0.436 e. The fourth-order valence-corrected chi connectivity index (χ4v) is 6.62. The quantitative estimate of drug-likeness (QED) is 0.285. The lowest BCUT2D eigenvalue weighted by Crippen LogP contribution is -2.69. The highest BCUT2D eigenvalue weighted by Crippen LogP contribution is 2.56. The van der Waals surface area contributed by atoms with Crippen molar-refractivity contribution < 1.29 is 53.7 Å². The Labute approximate surface area is 318 Å². The van der Waals surface area contributed by atoms with Gasteiger partial charge in [-0.05, 0) is 57.8 Å². The van der Waals surface area contributed by atoms with Gasteiger partial charge in [0.2, 0.25) is 0 Å². The predicted octanol–water partition coefficient (Wildman–Crippen LogP) is 12.2. The predicted molar refractivity (Wildman–Crippen MR) is 196 cm³/mol. The molecule has 0 amide bonds. The van der Waals surface area contributed by atoms with Crippen LogP contribution in [0.4, 0.5) is 39.5 Å². The molecule has 55 heavy (non-hydrogen) atoms. The van der Waals surface area contributed by atoms with Crippen LogP contribution in [0.3, 0.4) is 0 Å². The third kappa shape index (κ3) is 9.31. The molecule has 0 N–H and O–H groups in total. The number of aliphatic imine (C=N–C) groups is 2. The minimum Gasteiger partial charge on any atom is -0.431 e. The van der Waals surface area contributed by atoms with Crippen LogP contribution in [0.1, 0.15) is 142 Å². The first kappa shape index (κ1) is 44.4. The van der Waals surface area contributed by atoms with Crippen molar-refractivity contribution in [3.8, 4) is 11.5 Å². The Kier molecular flexibility index (Phi) is 11.8. The van der Waals surface area contributed by atoms with Gasteiger partial charge in [-0.1, -0.05) is 108 Å². The monoisotopic (exact) mass is 792 g/mol. The second-order valence-corrected chi connectivity index (χ2v) is 18.7. The number of rotatable bonds is 2. The molecule has 14 heteroatoms. The highest BCUT2D eigenvalue weighted by molar-refractivity contribution is 5.87. The Morgan fingerprint density at radius 1 is 0.509 bits per heavy atom. The van der Waals surface area contributed by atoms with E-state index < -0.39 is 52.3 Å². The number of hydrogen-bond donors (Lipinski definition) is 0. The van der Waals surface area contributed by atoms with E-state index in [2.05, 4.69) is 4.74 Å². The standard InChI is InChI=1S/C41H53F9N2O3/c1-34(2,3)25-17-23-21-51-29-15-13-14-16-30(29)52-22-24-18-26(35(4,5)6)20-28(37(10,11)12)32(24)54-33(53-31(23)27(19-25)36(7,8)9)55-38(39(42,43)44,40(45,46)47)41(48,49)50/h17-22,29-30,33H,13-16H2,1-12H3/t29-,30-,33?/m1/s1. The van der Waals surface area contributed by atoms with E-state index in [1.54, 1.807) is 65.8 Å².